The Morgan fingerprint density at radius 3 is 0.952 bits per heavy atom. The van der Waals surface area contributed by atoms with E-state index in [-0.39, 0.29) is 62.0 Å². The van der Waals surface area contributed by atoms with E-state index >= 15 is 0 Å². The first kappa shape index (κ1) is 27.8. The zero-order valence-electron chi connectivity index (χ0n) is 17.5. The molecule has 0 aromatic carbocycles. The normalized spacial score (nSPS) is 10.0. The van der Waals surface area contributed by atoms with Gasteiger partial charge in [0, 0.05) is 6.61 Å². The number of unbranched alkanes of at least 4 members (excludes halogenated alkanes) is 15. The van der Waals surface area contributed by atoms with Crippen LogP contribution in [0, 0.1) is 0 Å². The van der Waals surface area contributed by atoms with Crippen molar-refractivity contribution in [3.63, 3.8) is 0 Å². The summed E-state index contributed by atoms with van der Waals surface area (Å²) in [6.07, 6.45) is 22.2. The largest absolute Gasteiger partial charge is 1.00 e. The van der Waals surface area contributed by atoms with Crippen LogP contribution in [0.2, 0.25) is 0 Å². The van der Waals surface area contributed by atoms with E-state index in [9.17, 15) is 0 Å². The molecule has 0 aromatic rings. The van der Waals surface area contributed by atoms with Crippen molar-refractivity contribution < 1.29 is 67.1 Å². The van der Waals surface area contributed by atoms with Crippen LogP contribution in [0.4, 0.5) is 0 Å². The molecule has 0 atom stereocenters. The van der Waals surface area contributed by atoms with E-state index in [0.717, 1.165) is 6.42 Å². The number of hydrogen-bond donors (Lipinski definition) is 1. The van der Waals surface area contributed by atoms with Crippen LogP contribution in [0.5, 0.6) is 0 Å². The standard InChI is InChI=1S/C18H38O.2Na.2H/c1-2-3-4-5-6-7-8-9-10-11-12-13-14-15-16-17-18-19;;;;/h19H,2-18H2,1H3;;;;/q;2*+1;2*-1. The van der Waals surface area contributed by atoms with Crippen molar-refractivity contribution in [1.82, 2.24) is 0 Å². The fraction of sp³-hybridized carbons (Fsp3) is 1.00. The second-order valence-corrected chi connectivity index (χ2v) is 6.03. The number of aliphatic hydroxyl groups is 1. The van der Waals surface area contributed by atoms with E-state index < -0.39 is 0 Å². The Balaban J connectivity index is -0.000000270. The zero-order chi connectivity index (χ0) is 14.0. The van der Waals surface area contributed by atoms with Crippen molar-refractivity contribution in [2.75, 3.05) is 6.61 Å². The Bertz CT molecular complexity index is 148. The smallest absolute Gasteiger partial charge is 1.00 e. The fourth-order valence-electron chi connectivity index (χ4n) is 2.66. The van der Waals surface area contributed by atoms with Crippen LogP contribution >= 0.6 is 0 Å². The van der Waals surface area contributed by atoms with E-state index in [2.05, 4.69) is 6.92 Å². The first-order chi connectivity index (χ1) is 9.41. The molecule has 0 aliphatic carbocycles. The van der Waals surface area contributed by atoms with Gasteiger partial charge in [-0.2, -0.15) is 0 Å². The van der Waals surface area contributed by atoms with Gasteiger partial charge < -0.3 is 7.96 Å². The number of aliphatic hydroxyl groups excluding tert-OH is 1. The molecule has 0 aromatic heterocycles. The van der Waals surface area contributed by atoms with Crippen LogP contribution in [-0.4, -0.2) is 11.7 Å². The molecule has 0 aliphatic rings. The predicted molar refractivity (Wildman–Crippen MR) is 88.9 cm³/mol. The van der Waals surface area contributed by atoms with Gasteiger partial charge in [0.2, 0.25) is 0 Å². The summed E-state index contributed by atoms with van der Waals surface area (Å²) in [6, 6.07) is 0. The van der Waals surface area contributed by atoms with E-state index in [1.165, 1.54) is 96.3 Å². The summed E-state index contributed by atoms with van der Waals surface area (Å²) in [5, 5.41) is 8.67. The minimum absolute atomic E-state index is 0. The first-order valence-corrected chi connectivity index (χ1v) is 9.02. The Labute approximate surface area is 182 Å². The molecule has 0 saturated heterocycles. The molecule has 1 nitrogen and oxygen atoms in total. The van der Waals surface area contributed by atoms with Crippen molar-refractivity contribution in [3.05, 3.63) is 0 Å². The Hall–Kier alpha value is 1.96. The van der Waals surface area contributed by atoms with Crippen LogP contribution in [0.1, 0.15) is 113 Å². The van der Waals surface area contributed by atoms with Gasteiger partial charge in [-0.1, -0.05) is 103 Å². The second kappa shape index (κ2) is 26.8. The molecule has 0 fully saturated rings. The van der Waals surface area contributed by atoms with Gasteiger partial charge in [0.05, 0.1) is 0 Å². The van der Waals surface area contributed by atoms with Crippen molar-refractivity contribution in [1.29, 1.82) is 0 Å². The Kier molecular flexibility index (Phi) is 35.5. The summed E-state index contributed by atoms with van der Waals surface area (Å²) in [5.74, 6) is 0. The van der Waals surface area contributed by atoms with E-state index in [1.54, 1.807) is 0 Å². The monoisotopic (exact) mass is 318 g/mol. The molecular formula is C18H40Na2O. The van der Waals surface area contributed by atoms with Gasteiger partial charge in [-0.05, 0) is 6.42 Å². The van der Waals surface area contributed by atoms with E-state index in [0.29, 0.717) is 6.61 Å². The van der Waals surface area contributed by atoms with Crippen molar-refractivity contribution >= 4 is 0 Å². The topological polar surface area (TPSA) is 20.2 Å². The molecule has 0 unspecified atom stereocenters. The molecule has 0 heterocycles. The molecule has 0 saturated carbocycles. The average molecular weight is 318 g/mol. The van der Waals surface area contributed by atoms with Gasteiger partial charge in [-0.15, -0.1) is 0 Å². The summed E-state index contributed by atoms with van der Waals surface area (Å²) in [5.41, 5.74) is 0. The van der Waals surface area contributed by atoms with Crippen molar-refractivity contribution in [2.24, 2.45) is 0 Å². The summed E-state index contributed by atoms with van der Waals surface area (Å²) in [6.45, 7) is 2.66. The molecule has 0 amide bonds. The minimum atomic E-state index is 0. The van der Waals surface area contributed by atoms with Gasteiger partial charge in [0.1, 0.15) is 0 Å². The SMILES string of the molecule is CCCCCCCCCCCCCCCCCCO.[H-].[H-].[Na+].[Na+]. The van der Waals surface area contributed by atoms with E-state index in [1.807, 2.05) is 0 Å². The van der Waals surface area contributed by atoms with Crippen LogP contribution in [0.3, 0.4) is 0 Å². The zero-order valence-corrected chi connectivity index (χ0v) is 19.5. The third-order valence-corrected chi connectivity index (χ3v) is 4.01. The van der Waals surface area contributed by atoms with Gasteiger partial charge in [0.25, 0.3) is 0 Å². The quantitative estimate of drug-likeness (QED) is 0.324. The van der Waals surface area contributed by atoms with Crippen molar-refractivity contribution in [2.45, 2.75) is 110 Å². The van der Waals surface area contributed by atoms with Crippen LogP contribution in [0.25, 0.3) is 0 Å². The summed E-state index contributed by atoms with van der Waals surface area (Å²) in [7, 11) is 0. The Morgan fingerprint density at radius 2 is 0.714 bits per heavy atom. The molecule has 1 N–H and O–H groups in total. The molecule has 0 spiro atoms. The second-order valence-electron chi connectivity index (χ2n) is 6.03. The van der Waals surface area contributed by atoms with E-state index in [4.69, 9.17) is 5.11 Å². The average Bonchev–Trinajstić information content (AvgIpc) is 2.43. The minimum Gasteiger partial charge on any atom is -1.00 e. The summed E-state index contributed by atoms with van der Waals surface area (Å²) in [4.78, 5) is 0. The summed E-state index contributed by atoms with van der Waals surface area (Å²) >= 11 is 0. The van der Waals surface area contributed by atoms with Gasteiger partial charge in [-0.3, -0.25) is 0 Å². The molecule has 0 rings (SSSR count). The maximum Gasteiger partial charge on any atom is 1.00 e. The first-order valence-electron chi connectivity index (χ1n) is 9.02. The summed E-state index contributed by atoms with van der Waals surface area (Å²) < 4.78 is 0. The Morgan fingerprint density at radius 1 is 0.476 bits per heavy atom. The molecule has 120 valence electrons. The molecule has 3 heteroatoms. The molecule has 0 aliphatic heterocycles. The molecule has 21 heavy (non-hydrogen) atoms. The maximum absolute atomic E-state index is 8.67. The van der Waals surface area contributed by atoms with Gasteiger partial charge in [-0.25, -0.2) is 0 Å². The molecular weight excluding hydrogens is 278 g/mol. The van der Waals surface area contributed by atoms with Gasteiger partial charge in [0.15, 0.2) is 0 Å². The van der Waals surface area contributed by atoms with Crippen LogP contribution in [0.15, 0.2) is 0 Å². The molecule has 0 bridgehead atoms. The molecule has 0 radical (unpaired) electrons. The van der Waals surface area contributed by atoms with Crippen molar-refractivity contribution in [3.8, 4) is 0 Å². The van der Waals surface area contributed by atoms with Crippen LogP contribution < -0.4 is 59.1 Å². The van der Waals surface area contributed by atoms with Gasteiger partial charge >= 0.3 is 59.1 Å². The van der Waals surface area contributed by atoms with Crippen LogP contribution in [-0.2, 0) is 0 Å². The maximum atomic E-state index is 8.67. The third-order valence-electron chi connectivity index (χ3n) is 4.01. The number of rotatable bonds is 16. The third kappa shape index (κ3) is 27.1. The number of hydrogen-bond acceptors (Lipinski definition) is 1. The fourth-order valence-corrected chi connectivity index (χ4v) is 2.66. The predicted octanol–water partition coefficient (Wildman–Crippen LogP) is 0.473.